The van der Waals surface area contributed by atoms with Gasteiger partial charge in [-0.05, 0) is 74.7 Å². The molecule has 33 heavy (non-hydrogen) atoms. The molecule has 0 amide bonds. The summed E-state index contributed by atoms with van der Waals surface area (Å²) in [7, 11) is -4.03. The van der Waals surface area contributed by atoms with Crippen molar-refractivity contribution < 1.29 is 17.3 Å². The van der Waals surface area contributed by atoms with Crippen molar-refractivity contribution in [3.63, 3.8) is 0 Å². The Morgan fingerprint density at radius 3 is 2.45 bits per heavy atom. The molecular weight excluding hydrogens is 458 g/mol. The number of rotatable bonds is 10. The summed E-state index contributed by atoms with van der Waals surface area (Å²) >= 11 is 6.13. The first-order valence-corrected chi connectivity index (χ1v) is 12.4. The summed E-state index contributed by atoms with van der Waals surface area (Å²) in [6.07, 6.45) is 2.12. The highest BCUT2D eigenvalue weighted by Crippen LogP contribution is 2.36. The lowest BCUT2D eigenvalue weighted by Crippen LogP contribution is -2.13. The fraction of sp³-hybridized carbons (Fsp3) is 0.231. The van der Waals surface area contributed by atoms with Gasteiger partial charge in [-0.15, -0.1) is 6.58 Å². The van der Waals surface area contributed by atoms with E-state index in [1.165, 1.54) is 12.1 Å². The molecule has 0 heterocycles. The molecule has 1 N–H and O–H groups in total. The first-order valence-electron chi connectivity index (χ1n) is 10.6. The zero-order valence-corrected chi connectivity index (χ0v) is 20.6. The first kappa shape index (κ1) is 24.7. The van der Waals surface area contributed by atoms with E-state index in [1.54, 1.807) is 24.3 Å². The minimum absolute atomic E-state index is 0.0854. The van der Waals surface area contributed by atoms with E-state index >= 15 is 0 Å². The molecule has 0 bridgehead atoms. The van der Waals surface area contributed by atoms with Gasteiger partial charge in [-0.25, -0.2) is 0 Å². The van der Waals surface area contributed by atoms with Crippen molar-refractivity contribution in [3.05, 3.63) is 94.5 Å². The van der Waals surface area contributed by atoms with Gasteiger partial charge in [0.1, 0.15) is 4.90 Å². The number of allylic oxidation sites excluding steroid dienone is 1. The summed E-state index contributed by atoms with van der Waals surface area (Å²) in [5.74, 6) is 0.548. The molecule has 174 valence electrons. The van der Waals surface area contributed by atoms with Crippen LogP contribution in [-0.2, 0) is 23.1 Å². The van der Waals surface area contributed by atoms with Crippen LogP contribution in [-0.4, -0.2) is 15.0 Å². The van der Waals surface area contributed by atoms with Crippen molar-refractivity contribution in [2.45, 2.75) is 38.6 Å². The van der Waals surface area contributed by atoms with Crippen molar-refractivity contribution >= 4 is 27.4 Å². The second-order valence-corrected chi connectivity index (χ2v) is 9.65. The van der Waals surface area contributed by atoms with E-state index in [9.17, 15) is 8.42 Å². The number of benzene rings is 3. The Kier molecular flexibility index (Phi) is 8.06. The molecule has 0 atom stereocenters. The lowest BCUT2D eigenvalue weighted by Gasteiger charge is -2.18. The highest BCUT2D eigenvalue weighted by Gasteiger charge is 2.22. The van der Waals surface area contributed by atoms with E-state index in [0.29, 0.717) is 35.9 Å². The molecule has 0 spiro atoms. The van der Waals surface area contributed by atoms with Gasteiger partial charge in [0.15, 0.2) is 11.5 Å². The molecule has 5 nitrogen and oxygen atoms in total. The largest absolute Gasteiger partial charge is 0.490 e. The van der Waals surface area contributed by atoms with E-state index in [0.717, 1.165) is 22.4 Å². The van der Waals surface area contributed by atoms with Crippen molar-refractivity contribution in [3.8, 4) is 11.5 Å². The Balaban J connectivity index is 1.96. The summed E-state index contributed by atoms with van der Waals surface area (Å²) < 4.78 is 37.3. The molecule has 7 heteroatoms. The number of nitrogens with one attached hydrogen (secondary N) is 1. The highest BCUT2D eigenvalue weighted by molar-refractivity contribution is 7.87. The van der Waals surface area contributed by atoms with Gasteiger partial charge in [0, 0.05) is 22.8 Å². The SMILES string of the molecule is C=CCc1cc(CNc2cc(Cl)ccc2C)cc(OCC)c1OS(=O)(=O)c1ccc(C)cc1. The number of anilines is 1. The Bertz CT molecular complexity index is 1240. The van der Waals surface area contributed by atoms with Gasteiger partial charge in [0.2, 0.25) is 0 Å². The van der Waals surface area contributed by atoms with Crippen LogP contribution in [0.1, 0.15) is 29.2 Å². The number of ether oxygens (including phenoxy) is 1. The average Bonchev–Trinajstić information content (AvgIpc) is 2.77. The van der Waals surface area contributed by atoms with Gasteiger partial charge in [0.05, 0.1) is 6.61 Å². The van der Waals surface area contributed by atoms with Gasteiger partial charge < -0.3 is 14.2 Å². The lowest BCUT2D eigenvalue weighted by molar-refractivity contribution is 0.326. The van der Waals surface area contributed by atoms with Gasteiger partial charge in [0.25, 0.3) is 0 Å². The Morgan fingerprint density at radius 1 is 1.06 bits per heavy atom. The molecule has 0 fully saturated rings. The van der Waals surface area contributed by atoms with Crippen LogP contribution in [0.15, 0.2) is 72.1 Å². The van der Waals surface area contributed by atoms with Gasteiger partial charge >= 0.3 is 10.1 Å². The van der Waals surface area contributed by atoms with Crippen LogP contribution in [0.4, 0.5) is 5.69 Å². The van der Waals surface area contributed by atoms with Crippen LogP contribution in [0.2, 0.25) is 5.02 Å². The molecule has 3 rings (SSSR count). The highest BCUT2D eigenvalue weighted by atomic mass is 35.5. The van der Waals surface area contributed by atoms with Crippen molar-refractivity contribution in [1.29, 1.82) is 0 Å². The average molecular weight is 486 g/mol. The summed E-state index contributed by atoms with van der Waals surface area (Å²) in [6, 6.07) is 15.9. The number of hydrogen-bond donors (Lipinski definition) is 1. The molecule has 0 aliphatic carbocycles. The molecule has 0 saturated carbocycles. The minimum Gasteiger partial charge on any atom is -0.490 e. The summed E-state index contributed by atoms with van der Waals surface area (Å²) in [5, 5.41) is 4.03. The van der Waals surface area contributed by atoms with Crippen molar-refractivity contribution in [2.24, 2.45) is 0 Å². The van der Waals surface area contributed by atoms with E-state index in [1.807, 2.05) is 45.0 Å². The third-order valence-electron chi connectivity index (χ3n) is 5.04. The molecule has 0 unspecified atom stereocenters. The third-order valence-corrected chi connectivity index (χ3v) is 6.51. The molecule has 0 aromatic heterocycles. The molecule has 0 radical (unpaired) electrons. The standard InChI is InChI=1S/C26H28ClNO4S/c1-5-7-21-14-20(17-28-24-16-22(27)11-10-19(24)4)15-25(31-6-2)26(21)32-33(29,30)23-12-8-18(3)9-13-23/h5,8-16,28H,1,6-7,17H2,2-4H3. The number of halogens is 1. The zero-order valence-electron chi connectivity index (χ0n) is 19.0. The quantitative estimate of drug-likeness (QED) is 0.263. The summed E-state index contributed by atoms with van der Waals surface area (Å²) in [4.78, 5) is 0.0854. The summed E-state index contributed by atoms with van der Waals surface area (Å²) in [6.45, 7) is 10.4. The van der Waals surface area contributed by atoms with Crippen LogP contribution in [0.25, 0.3) is 0 Å². The van der Waals surface area contributed by atoms with E-state index in [2.05, 4.69) is 11.9 Å². The summed E-state index contributed by atoms with van der Waals surface area (Å²) in [5.41, 5.74) is 4.54. The first-order chi connectivity index (χ1) is 15.7. The van der Waals surface area contributed by atoms with Crippen LogP contribution >= 0.6 is 11.6 Å². The lowest BCUT2D eigenvalue weighted by atomic mass is 10.1. The fourth-order valence-electron chi connectivity index (χ4n) is 3.33. The Morgan fingerprint density at radius 2 is 1.79 bits per heavy atom. The predicted molar refractivity (Wildman–Crippen MR) is 134 cm³/mol. The third kappa shape index (κ3) is 6.30. The van der Waals surface area contributed by atoms with Crippen LogP contribution in [0.3, 0.4) is 0 Å². The van der Waals surface area contributed by atoms with Crippen molar-refractivity contribution in [1.82, 2.24) is 0 Å². The van der Waals surface area contributed by atoms with Crippen LogP contribution in [0.5, 0.6) is 11.5 Å². The topological polar surface area (TPSA) is 64.6 Å². The number of hydrogen-bond acceptors (Lipinski definition) is 5. The smallest absolute Gasteiger partial charge is 0.339 e. The molecule has 3 aromatic rings. The second kappa shape index (κ2) is 10.8. The van der Waals surface area contributed by atoms with Crippen molar-refractivity contribution in [2.75, 3.05) is 11.9 Å². The normalized spacial score (nSPS) is 11.2. The van der Waals surface area contributed by atoms with E-state index < -0.39 is 10.1 Å². The fourth-order valence-corrected chi connectivity index (χ4v) is 4.48. The van der Waals surface area contributed by atoms with Gasteiger partial charge in [-0.2, -0.15) is 8.42 Å². The Labute approximate surface area is 201 Å². The monoisotopic (exact) mass is 485 g/mol. The molecular formula is C26H28ClNO4S. The minimum atomic E-state index is -4.03. The maximum absolute atomic E-state index is 13.0. The molecule has 0 aliphatic heterocycles. The van der Waals surface area contributed by atoms with Gasteiger partial charge in [-0.3, -0.25) is 0 Å². The number of aryl methyl sites for hydroxylation is 2. The van der Waals surface area contributed by atoms with E-state index in [-0.39, 0.29) is 10.6 Å². The maximum Gasteiger partial charge on any atom is 0.339 e. The molecule has 3 aromatic carbocycles. The van der Waals surface area contributed by atoms with Crippen LogP contribution < -0.4 is 14.2 Å². The Hall–Kier alpha value is -2.96. The molecule has 0 aliphatic rings. The van der Waals surface area contributed by atoms with E-state index in [4.69, 9.17) is 20.5 Å². The zero-order chi connectivity index (χ0) is 24.0. The van der Waals surface area contributed by atoms with Gasteiger partial charge in [-0.1, -0.05) is 41.4 Å². The second-order valence-electron chi connectivity index (χ2n) is 7.67. The predicted octanol–water partition coefficient (Wildman–Crippen LogP) is 6.46. The maximum atomic E-state index is 13.0. The van der Waals surface area contributed by atoms with Crippen LogP contribution in [0, 0.1) is 13.8 Å². The molecule has 0 saturated heterocycles.